The second kappa shape index (κ2) is 5.58. The third kappa shape index (κ3) is 4.15. The zero-order valence-corrected chi connectivity index (χ0v) is 11.0. The highest BCUT2D eigenvalue weighted by molar-refractivity contribution is 7.95. The van der Waals surface area contributed by atoms with Gasteiger partial charge in [-0.2, -0.15) is 0 Å². The molecule has 0 aliphatic rings. The Bertz CT molecular complexity index is 662. The van der Waals surface area contributed by atoms with Crippen LogP contribution in [0.2, 0.25) is 0 Å². The van der Waals surface area contributed by atoms with Crippen LogP contribution in [0.4, 0.5) is 11.4 Å². The first-order valence-corrected chi connectivity index (χ1v) is 7.21. The summed E-state index contributed by atoms with van der Waals surface area (Å²) in [4.78, 5) is 0. The number of hydrogen-bond donors (Lipinski definition) is 2. The van der Waals surface area contributed by atoms with E-state index in [9.17, 15) is 8.42 Å². The van der Waals surface area contributed by atoms with Gasteiger partial charge in [0.2, 0.25) is 0 Å². The molecule has 0 unspecified atom stereocenters. The fraction of sp³-hybridized carbons (Fsp3) is 0. The van der Waals surface area contributed by atoms with Gasteiger partial charge in [0, 0.05) is 11.4 Å². The fourth-order valence-corrected chi connectivity index (χ4v) is 2.35. The van der Waals surface area contributed by atoms with Crippen LogP contribution < -0.4 is 10.5 Å². The fourth-order valence-electron chi connectivity index (χ4n) is 1.48. The molecule has 0 aliphatic carbocycles. The van der Waals surface area contributed by atoms with E-state index in [0.717, 1.165) is 11.0 Å². The van der Waals surface area contributed by atoms with Crippen LogP contribution in [0.3, 0.4) is 0 Å². The van der Waals surface area contributed by atoms with Crippen LogP contribution in [0.25, 0.3) is 6.08 Å². The number of nitrogen functional groups attached to an aromatic ring is 1. The van der Waals surface area contributed by atoms with Gasteiger partial charge in [-0.05, 0) is 35.9 Å². The van der Waals surface area contributed by atoms with Crippen LogP contribution in [0.1, 0.15) is 5.56 Å². The van der Waals surface area contributed by atoms with E-state index < -0.39 is 10.0 Å². The number of rotatable bonds is 4. The average Bonchev–Trinajstić information content (AvgIpc) is 2.40. The topological polar surface area (TPSA) is 72.2 Å². The van der Waals surface area contributed by atoms with Gasteiger partial charge in [-0.1, -0.05) is 30.3 Å². The van der Waals surface area contributed by atoms with Crippen LogP contribution >= 0.6 is 0 Å². The van der Waals surface area contributed by atoms with Crippen molar-refractivity contribution < 1.29 is 8.42 Å². The van der Waals surface area contributed by atoms with Gasteiger partial charge in [0.15, 0.2) is 0 Å². The van der Waals surface area contributed by atoms with Gasteiger partial charge >= 0.3 is 0 Å². The van der Waals surface area contributed by atoms with Crippen molar-refractivity contribution in [2.24, 2.45) is 0 Å². The Hall–Kier alpha value is -2.27. The third-order valence-corrected chi connectivity index (χ3v) is 3.42. The van der Waals surface area contributed by atoms with Gasteiger partial charge in [0.1, 0.15) is 0 Å². The summed E-state index contributed by atoms with van der Waals surface area (Å²) in [6.07, 6.45) is 1.54. The maximum absolute atomic E-state index is 11.8. The lowest BCUT2D eigenvalue weighted by atomic mass is 10.2. The van der Waals surface area contributed by atoms with Crippen molar-refractivity contribution in [3.63, 3.8) is 0 Å². The first-order chi connectivity index (χ1) is 9.05. The Labute approximate surface area is 112 Å². The van der Waals surface area contributed by atoms with Gasteiger partial charge in [-0.3, -0.25) is 4.72 Å². The largest absolute Gasteiger partial charge is 0.399 e. The van der Waals surface area contributed by atoms with E-state index >= 15 is 0 Å². The highest BCUT2D eigenvalue weighted by Gasteiger charge is 2.04. The normalized spacial score (nSPS) is 11.6. The van der Waals surface area contributed by atoms with Crippen LogP contribution in [-0.2, 0) is 10.0 Å². The van der Waals surface area contributed by atoms with Crippen LogP contribution in [0.5, 0.6) is 0 Å². The summed E-state index contributed by atoms with van der Waals surface area (Å²) in [5.74, 6) is 0. The molecule has 4 nitrogen and oxygen atoms in total. The molecule has 0 radical (unpaired) electrons. The molecule has 0 spiro atoms. The van der Waals surface area contributed by atoms with E-state index in [2.05, 4.69) is 4.72 Å². The van der Waals surface area contributed by atoms with Crippen molar-refractivity contribution in [2.45, 2.75) is 0 Å². The molecule has 0 aliphatic heterocycles. The Balaban J connectivity index is 2.11. The van der Waals surface area contributed by atoms with Gasteiger partial charge in [0.05, 0.1) is 5.41 Å². The van der Waals surface area contributed by atoms with Crippen molar-refractivity contribution in [2.75, 3.05) is 10.5 Å². The van der Waals surface area contributed by atoms with E-state index in [1.54, 1.807) is 30.3 Å². The molecule has 0 heterocycles. The monoisotopic (exact) mass is 274 g/mol. The summed E-state index contributed by atoms with van der Waals surface area (Å²) < 4.78 is 26.1. The number of benzene rings is 2. The van der Waals surface area contributed by atoms with Crippen molar-refractivity contribution in [3.05, 3.63) is 65.6 Å². The molecule has 19 heavy (non-hydrogen) atoms. The minimum atomic E-state index is -3.52. The zero-order valence-electron chi connectivity index (χ0n) is 10.2. The molecule has 0 saturated carbocycles. The second-order valence-corrected chi connectivity index (χ2v) is 5.55. The smallest absolute Gasteiger partial charge is 0.255 e. The summed E-state index contributed by atoms with van der Waals surface area (Å²) >= 11 is 0. The van der Waals surface area contributed by atoms with E-state index in [4.69, 9.17) is 5.73 Å². The summed E-state index contributed by atoms with van der Waals surface area (Å²) in [5.41, 5.74) is 7.42. The number of anilines is 2. The van der Waals surface area contributed by atoms with Crippen LogP contribution in [0, 0.1) is 0 Å². The van der Waals surface area contributed by atoms with Gasteiger partial charge in [-0.25, -0.2) is 8.42 Å². The van der Waals surface area contributed by atoms with E-state index in [1.807, 2.05) is 30.3 Å². The van der Waals surface area contributed by atoms with Gasteiger partial charge in [-0.15, -0.1) is 0 Å². The van der Waals surface area contributed by atoms with Crippen LogP contribution in [-0.4, -0.2) is 8.42 Å². The Morgan fingerprint density at radius 3 is 2.21 bits per heavy atom. The molecule has 2 rings (SSSR count). The maximum atomic E-state index is 11.8. The van der Waals surface area contributed by atoms with Crippen LogP contribution in [0.15, 0.2) is 60.0 Å². The molecule has 0 aromatic heterocycles. The van der Waals surface area contributed by atoms with E-state index in [0.29, 0.717) is 11.4 Å². The minimum Gasteiger partial charge on any atom is -0.399 e. The lowest BCUT2D eigenvalue weighted by Crippen LogP contribution is -2.08. The number of sulfonamides is 1. The maximum Gasteiger partial charge on any atom is 0.255 e. The lowest BCUT2D eigenvalue weighted by Gasteiger charge is -2.04. The third-order valence-electron chi connectivity index (χ3n) is 2.41. The first-order valence-electron chi connectivity index (χ1n) is 5.67. The molecule has 3 N–H and O–H groups in total. The summed E-state index contributed by atoms with van der Waals surface area (Å²) in [5, 5.41) is 1.14. The molecule has 0 amide bonds. The lowest BCUT2D eigenvalue weighted by molar-refractivity contribution is 0.609. The molecular formula is C14H14N2O2S. The Morgan fingerprint density at radius 2 is 1.58 bits per heavy atom. The Kier molecular flexibility index (Phi) is 3.87. The number of nitrogens with one attached hydrogen (secondary N) is 1. The first kappa shape index (κ1) is 13.2. The molecule has 0 fully saturated rings. The quantitative estimate of drug-likeness (QED) is 0.842. The molecule has 0 saturated heterocycles. The molecule has 5 heteroatoms. The van der Waals surface area contributed by atoms with Gasteiger partial charge < -0.3 is 5.73 Å². The Morgan fingerprint density at radius 1 is 0.947 bits per heavy atom. The van der Waals surface area contributed by atoms with Crippen molar-refractivity contribution >= 4 is 27.5 Å². The summed E-state index contributed by atoms with van der Waals surface area (Å²) in [7, 11) is -3.52. The summed E-state index contributed by atoms with van der Waals surface area (Å²) in [6, 6.07) is 15.7. The zero-order chi connectivity index (χ0) is 13.7. The summed E-state index contributed by atoms with van der Waals surface area (Å²) in [6.45, 7) is 0. The van der Waals surface area contributed by atoms with Crippen molar-refractivity contribution in [1.82, 2.24) is 0 Å². The van der Waals surface area contributed by atoms with E-state index in [-0.39, 0.29) is 0 Å². The number of nitrogens with two attached hydrogens (primary N) is 1. The van der Waals surface area contributed by atoms with E-state index in [1.165, 1.54) is 0 Å². The SMILES string of the molecule is Nc1ccc(NS(=O)(=O)C=Cc2ccccc2)cc1. The molecule has 0 bridgehead atoms. The highest BCUT2D eigenvalue weighted by Crippen LogP contribution is 2.13. The standard InChI is InChI=1S/C14H14N2O2S/c15-13-6-8-14(9-7-13)16-19(17,18)11-10-12-4-2-1-3-5-12/h1-11,16H,15H2. The predicted molar refractivity (Wildman–Crippen MR) is 78.9 cm³/mol. The van der Waals surface area contributed by atoms with Gasteiger partial charge in [0.25, 0.3) is 10.0 Å². The highest BCUT2D eigenvalue weighted by atomic mass is 32.2. The molecular weight excluding hydrogens is 260 g/mol. The molecule has 0 atom stereocenters. The average molecular weight is 274 g/mol. The predicted octanol–water partition coefficient (Wildman–Crippen LogP) is 2.68. The molecule has 2 aromatic carbocycles. The molecule has 2 aromatic rings. The van der Waals surface area contributed by atoms with Crippen molar-refractivity contribution in [3.8, 4) is 0 Å². The minimum absolute atomic E-state index is 0.479. The van der Waals surface area contributed by atoms with Crippen molar-refractivity contribution in [1.29, 1.82) is 0 Å². The molecule has 98 valence electrons. The number of hydrogen-bond acceptors (Lipinski definition) is 3. The second-order valence-electron chi connectivity index (χ2n) is 3.98.